The van der Waals surface area contributed by atoms with E-state index < -0.39 is 11.4 Å². The van der Waals surface area contributed by atoms with E-state index in [1.165, 1.54) is 0 Å². The van der Waals surface area contributed by atoms with E-state index in [-0.39, 0.29) is 6.54 Å². The van der Waals surface area contributed by atoms with Crippen molar-refractivity contribution in [2.24, 2.45) is 17.1 Å². The van der Waals surface area contributed by atoms with Crippen molar-refractivity contribution in [1.29, 1.82) is 0 Å². The van der Waals surface area contributed by atoms with E-state index in [1.54, 1.807) is 0 Å². The lowest BCUT2D eigenvalue weighted by atomic mass is 9.77. The second-order valence-electron chi connectivity index (χ2n) is 4.33. The molecule has 0 spiro atoms. The van der Waals surface area contributed by atoms with Crippen LogP contribution in [0.1, 0.15) is 33.6 Å². The van der Waals surface area contributed by atoms with Gasteiger partial charge in [0.05, 0.1) is 5.41 Å². The fourth-order valence-electron chi connectivity index (χ4n) is 1.76. The smallest absolute Gasteiger partial charge is 0.311 e. The predicted molar refractivity (Wildman–Crippen MR) is 59.7 cm³/mol. The molecule has 0 aliphatic heterocycles. The molecule has 3 N–H and O–H groups in total. The summed E-state index contributed by atoms with van der Waals surface area (Å²) in [6, 6.07) is 0. The van der Waals surface area contributed by atoms with Gasteiger partial charge in [0.1, 0.15) is 0 Å². The van der Waals surface area contributed by atoms with Gasteiger partial charge in [-0.25, -0.2) is 0 Å². The number of carbonyl (C=O) groups is 1. The van der Waals surface area contributed by atoms with Gasteiger partial charge in [0, 0.05) is 19.8 Å². The Morgan fingerprint density at radius 2 is 2.13 bits per heavy atom. The first-order valence-electron chi connectivity index (χ1n) is 5.49. The normalized spacial score (nSPS) is 15.3. The lowest BCUT2D eigenvalue weighted by molar-refractivity contribution is -0.150. The maximum absolute atomic E-state index is 11.2. The summed E-state index contributed by atoms with van der Waals surface area (Å²) in [5, 5.41) is 9.24. The van der Waals surface area contributed by atoms with Crippen molar-refractivity contribution in [1.82, 2.24) is 0 Å². The van der Waals surface area contributed by atoms with E-state index in [0.29, 0.717) is 32.0 Å². The van der Waals surface area contributed by atoms with Gasteiger partial charge in [0.25, 0.3) is 0 Å². The van der Waals surface area contributed by atoms with E-state index in [0.717, 1.165) is 0 Å². The van der Waals surface area contributed by atoms with Crippen LogP contribution >= 0.6 is 0 Å². The lowest BCUT2D eigenvalue weighted by Gasteiger charge is -2.29. The van der Waals surface area contributed by atoms with Crippen LogP contribution in [-0.4, -0.2) is 30.8 Å². The summed E-state index contributed by atoms with van der Waals surface area (Å²) in [6.45, 7) is 7.16. The largest absolute Gasteiger partial charge is 0.481 e. The highest BCUT2D eigenvalue weighted by molar-refractivity contribution is 5.75. The molecule has 0 radical (unpaired) electrons. The summed E-state index contributed by atoms with van der Waals surface area (Å²) in [5.74, 6) is -0.482. The number of carboxylic acid groups (broad SMARTS) is 1. The Bertz CT molecular complexity index is 194. The number of carboxylic acids is 1. The van der Waals surface area contributed by atoms with Gasteiger partial charge in [-0.05, 0) is 25.7 Å². The number of hydrogen-bond acceptors (Lipinski definition) is 3. The van der Waals surface area contributed by atoms with Crippen LogP contribution in [0.5, 0.6) is 0 Å². The Morgan fingerprint density at radius 1 is 1.53 bits per heavy atom. The third-order valence-electron chi connectivity index (χ3n) is 2.57. The molecule has 0 saturated carbocycles. The first-order valence-corrected chi connectivity index (χ1v) is 5.49. The summed E-state index contributed by atoms with van der Waals surface area (Å²) in [4.78, 5) is 11.2. The van der Waals surface area contributed by atoms with Crippen molar-refractivity contribution >= 4 is 5.97 Å². The molecule has 4 heteroatoms. The first kappa shape index (κ1) is 14.4. The van der Waals surface area contributed by atoms with Crippen molar-refractivity contribution in [3.05, 3.63) is 0 Å². The Kier molecular flexibility index (Phi) is 6.52. The molecule has 90 valence electrons. The van der Waals surface area contributed by atoms with E-state index in [9.17, 15) is 9.90 Å². The zero-order valence-electron chi connectivity index (χ0n) is 9.95. The Hall–Kier alpha value is -0.610. The maximum atomic E-state index is 11.2. The molecule has 1 atom stereocenters. The molecule has 0 aliphatic rings. The van der Waals surface area contributed by atoms with Gasteiger partial charge in [0.2, 0.25) is 0 Å². The highest BCUT2D eigenvalue weighted by Gasteiger charge is 2.37. The van der Waals surface area contributed by atoms with Gasteiger partial charge < -0.3 is 15.6 Å². The van der Waals surface area contributed by atoms with Crippen LogP contribution in [0, 0.1) is 11.3 Å². The highest BCUT2D eigenvalue weighted by atomic mass is 16.5. The average molecular weight is 217 g/mol. The predicted octanol–water partition coefficient (Wildman–Crippen LogP) is 1.49. The molecule has 0 aromatic heterocycles. The number of rotatable bonds is 8. The van der Waals surface area contributed by atoms with Crippen LogP contribution in [-0.2, 0) is 9.53 Å². The highest BCUT2D eigenvalue weighted by Crippen LogP contribution is 2.29. The van der Waals surface area contributed by atoms with Crippen LogP contribution in [0.3, 0.4) is 0 Å². The molecule has 0 aromatic rings. The number of nitrogens with two attached hydrogens (primary N) is 1. The number of hydrogen-bond donors (Lipinski definition) is 2. The first-order chi connectivity index (χ1) is 6.98. The van der Waals surface area contributed by atoms with Gasteiger partial charge in [-0.3, -0.25) is 4.79 Å². The zero-order chi connectivity index (χ0) is 11.9. The van der Waals surface area contributed by atoms with Crippen molar-refractivity contribution in [2.75, 3.05) is 19.8 Å². The molecule has 0 rings (SSSR count). The van der Waals surface area contributed by atoms with Crippen molar-refractivity contribution in [3.8, 4) is 0 Å². The molecule has 0 amide bonds. The van der Waals surface area contributed by atoms with Gasteiger partial charge in [-0.15, -0.1) is 0 Å². The topological polar surface area (TPSA) is 72.5 Å². The zero-order valence-corrected chi connectivity index (χ0v) is 9.95. The minimum absolute atomic E-state index is 0.174. The van der Waals surface area contributed by atoms with E-state index in [4.69, 9.17) is 10.5 Å². The molecular formula is C11H23NO3. The van der Waals surface area contributed by atoms with Gasteiger partial charge in [-0.1, -0.05) is 13.8 Å². The maximum Gasteiger partial charge on any atom is 0.311 e. The quantitative estimate of drug-likeness (QED) is 0.604. The number of aliphatic carboxylic acids is 1. The summed E-state index contributed by atoms with van der Waals surface area (Å²) in [7, 11) is 0. The van der Waals surface area contributed by atoms with E-state index in [1.807, 2.05) is 20.8 Å². The van der Waals surface area contributed by atoms with Crippen LogP contribution in [0.2, 0.25) is 0 Å². The van der Waals surface area contributed by atoms with Gasteiger partial charge >= 0.3 is 5.97 Å². The second kappa shape index (κ2) is 6.80. The molecule has 4 nitrogen and oxygen atoms in total. The molecule has 0 aromatic carbocycles. The molecule has 0 heterocycles. The Morgan fingerprint density at radius 3 is 2.47 bits per heavy atom. The molecule has 1 unspecified atom stereocenters. The summed E-state index contributed by atoms with van der Waals surface area (Å²) in [5.41, 5.74) is 4.79. The van der Waals surface area contributed by atoms with Crippen LogP contribution < -0.4 is 5.73 Å². The third kappa shape index (κ3) is 4.62. The van der Waals surface area contributed by atoms with Crippen LogP contribution in [0.15, 0.2) is 0 Å². The Labute approximate surface area is 91.8 Å². The average Bonchev–Trinajstić information content (AvgIpc) is 2.15. The fourth-order valence-corrected chi connectivity index (χ4v) is 1.76. The van der Waals surface area contributed by atoms with E-state index >= 15 is 0 Å². The minimum Gasteiger partial charge on any atom is -0.481 e. The lowest BCUT2D eigenvalue weighted by Crippen LogP contribution is -2.40. The second-order valence-corrected chi connectivity index (χ2v) is 4.33. The van der Waals surface area contributed by atoms with Crippen LogP contribution in [0.25, 0.3) is 0 Å². The molecule has 15 heavy (non-hydrogen) atoms. The van der Waals surface area contributed by atoms with Crippen molar-refractivity contribution in [2.45, 2.75) is 33.6 Å². The third-order valence-corrected chi connectivity index (χ3v) is 2.57. The molecule has 0 fully saturated rings. The van der Waals surface area contributed by atoms with Crippen molar-refractivity contribution < 1.29 is 14.6 Å². The molecule has 0 saturated heterocycles. The number of ether oxygens (including phenoxy) is 1. The SMILES string of the molecule is CCOCCC(CN)(CC(C)C)C(=O)O. The van der Waals surface area contributed by atoms with E-state index in [2.05, 4.69) is 0 Å². The monoisotopic (exact) mass is 217 g/mol. The summed E-state index contributed by atoms with van der Waals surface area (Å²) >= 11 is 0. The molecule has 0 aliphatic carbocycles. The molecule has 0 bridgehead atoms. The fraction of sp³-hybridized carbons (Fsp3) is 0.909. The summed E-state index contributed by atoms with van der Waals surface area (Å²) < 4.78 is 5.20. The van der Waals surface area contributed by atoms with Gasteiger partial charge in [0.15, 0.2) is 0 Å². The minimum atomic E-state index is -0.816. The summed E-state index contributed by atoms with van der Waals surface area (Å²) in [6.07, 6.45) is 1.09. The van der Waals surface area contributed by atoms with Gasteiger partial charge in [-0.2, -0.15) is 0 Å². The van der Waals surface area contributed by atoms with Crippen molar-refractivity contribution in [3.63, 3.8) is 0 Å². The molecular weight excluding hydrogens is 194 g/mol. The standard InChI is InChI=1S/C11H23NO3/c1-4-15-6-5-11(8-12,10(13)14)7-9(2)3/h9H,4-8,12H2,1-3H3,(H,13,14). The Balaban J connectivity index is 4.44. The van der Waals surface area contributed by atoms with Crippen LogP contribution in [0.4, 0.5) is 0 Å².